The summed E-state index contributed by atoms with van der Waals surface area (Å²) in [6, 6.07) is 11.3. The first-order chi connectivity index (χ1) is 12.2. The van der Waals surface area contributed by atoms with Crippen LogP contribution in [0.3, 0.4) is 0 Å². The maximum Gasteiger partial charge on any atom is 0.255 e. The van der Waals surface area contributed by atoms with E-state index in [1.54, 1.807) is 6.07 Å². The number of carbonyl (C=O) groups is 1. The number of benzene rings is 1. The van der Waals surface area contributed by atoms with Crippen LogP contribution in [-0.2, 0) is 11.2 Å². The molecule has 0 spiro atoms. The van der Waals surface area contributed by atoms with Crippen LogP contribution in [0.5, 0.6) is 0 Å². The van der Waals surface area contributed by atoms with Gasteiger partial charge in [-0.15, -0.1) is 10.2 Å². The Morgan fingerprint density at radius 3 is 2.60 bits per heavy atom. The number of ether oxygens (including phenoxy) is 1. The van der Waals surface area contributed by atoms with Gasteiger partial charge >= 0.3 is 0 Å². The van der Waals surface area contributed by atoms with Crippen LogP contribution >= 0.6 is 11.6 Å². The van der Waals surface area contributed by atoms with Crippen molar-refractivity contribution in [1.82, 2.24) is 19.5 Å². The van der Waals surface area contributed by atoms with Gasteiger partial charge in [0.05, 0.1) is 18.8 Å². The first-order valence-electron chi connectivity index (χ1n) is 8.16. The Hall–Kier alpha value is -2.44. The van der Waals surface area contributed by atoms with Gasteiger partial charge in [-0.1, -0.05) is 23.7 Å². The van der Waals surface area contributed by atoms with Crippen molar-refractivity contribution >= 4 is 23.2 Å². The standard InChI is InChI=1S/C18H17ClN4O2/c19-15-4-1-13(2-5-15)11-17-21-20-16-6-3-14(12-23(16)17)18(24)22-7-9-25-10-8-22/h1-6,12H,7-11H2. The van der Waals surface area contributed by atoms with Crippen molar-refractivity contribution in [2.75, 3.05) is 26.3 Å². The Labute approximate surface area is 150 Å². The molecule has 3 aromatic rings. The highest BCUT2D eigenvalue weighted by Crippen LogP contribution is 2.15. The molecular weight excluding hydrogens is 340 g/mol. The van der Waals surface area contributed by atoms with Gasteiger partial charge in [0.2, 0.25) is 0 Å². The van der Waals surface area contributed by atoms with Crippen LogP contribution in [0, 0.1) is 0 Å². The van der Waals surface area contributed by atoms with E-state index in [0.29, 0.717) is 43.3 Å². The topological polar surface area (TPSA) is 59.7 Å². The summed E-state index contributed by atoms with van der Waals surface area (Å²) in [7, 11) is 0. The average Bonchev–Trinajstić information content (AvgIpc) is 3.06. The Balaban J connectivity index is 1.63. The Morgan fingerprint density at radius 1 is 1.08 bits per heavy atom. The van der Waals surface area contributed by atoms with E-state index in [1.165, 1.54) is 0 Å². The number of morpholine rings is 1. The van der Waals surface area contributed by atoms with Crippen molar-refractivity contribution < 1.29 is 9.53 Å². The van der Waals surface area contributed by atoms with Crippen molar-refractivity contribution in [1.29, 1.82) is 0 Å². The Kier molecular flexibility index (Phi) is 4.38. The molecule has 0 bridgehead atoms. The molecule has 6 nitrogen and oxygen atoms in total. The molecule has 0 aliphatic carbocycles. The van der Waals surface area contributed by atoms with Gasteiger partial charge in [0.1, 0.15) is 5.82 Å². The van der Waals surface area contributed by atoms with E-state index in [0.717, 1.165) is 17.0 Å². The number of halogens is 1. The van der Waals surface area contributed by atoms with Crippen LogP contribution in [0.2, 0.25) is 5.02 Å². The molecule has 25 heavy (non-hydrogen) atoms. The van der Waals surface area contributed by atoms with Gasteiger partial charge in [0.15, 0.2) is 5.65 Å². The average molecular weight is 357 g/mol. The molecule has 0 atom stereocenters. The fourth-order valence-corrected chi connectivity index (χ4v) is 3.05. The van der Waals surface area contributed by atoms with Crippen molar-refractivity contribution in [2.45, 2.75) is 6.42 Å². The van der Waals surface area contributed by atoms with E-state index in [9.17, 15) is 4.79 Å². The lowest BCUT2D eigenvalue weighted by Gasteiger charge is -2.26. The van der Waals surface area contributed by atoms with Gasteiger partial charge in [-0.25, -0.2) is 0 Å². The van der Waals surface area contributed by atoms with Gasteiger partial charge < -0.3 is 9.64 Å². The number of aromatic nitrogens is 3. The Bertz CT molecular complexity index is 901. The van der Waals surface area contributed by atoms with Gasteiger partial charge in [-0.3, -0.25) is 9.20 Å². The second kappa shape index (κ2) is 6.82. The summed E-state index contributed by atoms with van der Waals surface area (Å²) in [6.07, 6.45) is 2.44. The van der Waals surface area contributed by atoms with Gasteiger partial charge in [-0.2, -0.15) is 0 Å². The molecule has 1 saturated heterocycles. The smallest absolute Gasteiger partial charge is 0.255 e. The lowest BCUT2D eigenvalue weighted by Crippen LogP contribution is -2.40. The first-order valence-corrected chi connectivity index (χ1v) is 8.53. The minimum atomic E-state index is 0.0105. The third-order valence-corrected chi connectivity index (χ3v) is 4.55. The number of nitrogens with zero attached hydrogens (tertiary/aromatic N) is 4. The van der Waals surface area contributed by atoms with Crippen molar-refractivity contribution in [2.24, 2.45) is 0 Å². The van der Waals surface area contributed by atoms with Gasteiger partial charge in [0, 0.05) is 30.7 Å². The number of carbonyl (C=O) groups excluding carboxylic acids is 1. The lowest BCUT2D eigenvalue weighted by molar-refractivity contribution is 0.0302. The first kappa shape index (κ1) is 16.1. The molecule has 0 unspecified atom stereocenters. The number of hydrogen-bond donors (Lipinski definition) is 0. The van der Waals surface area contributed by atoms with E-state index in [4.69, 9.17) is 16.3 Å². The fourth-order valence-electron chi connectivity index (χ4n) is 2.92. The summed E-state index contributed by atoms with van der Waals surface area (Å²) in [4.78, 5) is 14.5. The minimum absolute atomic E-state index is 0.0105. The molecule has 1 fully saturated rings. The molecule has 0 saturated carbocycles. The zero-order valence-corrected chi connectivity index (χ0v) is 14.3. The van der Waals surface area contributed by atoms with E-state index < -0.39 is 0 Å². The number of hydrogen-bond acceptors (Lipinski definition) is 4. The summed E-state index contributed by atoms with van der Waals surface area (Å²) in [5.74, 6) is 0.797. The molecule has 1 aliphatic rings. The van der Waals surface area contributed by atoms with Crippen molar-refractivity contribution in [3.63, 3.8) is 0 Å². The number of fused-ring (bicyclic) bond motifs is 1. The monoisotopic (exact) mass is 356 g/mol. The van der Waals surface area contributed by atoms with Crippen LogP contribution < -0.4 is 0 Å². The fraction of sp³-hybridized carbons (Fsp3) is 0.278. The molecule has 2 aromatic heterocycles. The molecule has 4 rings (SSSR count). The third-order valence-electron chi connectivity index (χ3n) is 4.29. The normalized spacial score (nSPS) is 14.8. The van der Waals surface area contributed by atoms with Crippen LogP contribution in [0.25, 0.3) is 5.65 Å². The predicted octanol–water partition coefficient (Wildman–Crippen LogP) is 2.45. The molecule has 128 valence electrons. The molecule has 0 radical (unpaired) electrons. The zero-order valence-electron chi connectivity index (χ0n) is 13.6. The number of amides is 1. The SMILES string of the molecule is O=C(c1ccc2nnc(Cc3ccc(Cl)cc3)n2c1)N1CCOCC1. The summed E-state index contributed by atoms with van der Waals surface area (Å²) in [5, 5.41) is 9.15. The quantitative estimate of drug-likeness (QED) is 0.723. The summed E-state index contributed by atoms with van der Waals surface area (Å²) < 4.78 is 7.19. The van der Waals surface area contributed by atoms with Crippen LogP contribution in [-0.4, -0.2) is 51.7 Å². The highest BCUT2D eigenvalue weighted by atomic mass is 35.5. The summed E-state index contributed by atoms with van der Waals surface area (Å²) >= 11 is 5.93. The molecular formula is C18H17ClN4O2. The molecule has 1 aliphatic heterocycles. The van der Waals surface area contributed by atoms with E-state index in [-0.39, 0.29) is 5.91 Å². The van der Waals surface area contributed by atoms with Crippen molar-refractivity contribution in [3.8, 4) is 0 Å². The maximum atomic E-state index is 12.7. The second-order valence-corrected chi connectivity index (χ2v) is 6.41. The van der Waals surface area contributed by atoms with Gasteiger partial charge in [-0.05, 0) is 29.8 Å². The largest absolute Gasteiger partial charge is 0.378 e. The van der Waals surface area contributed by atoms with Crippen molar-refractivity contribution in [3.05, 3.63) is 64.6 Å². The highest BCUT2D eigenvalue weighted by molar-refractivity contribution is 6.30. The molecule has 1 amide bonds. The minimum Gasteiger partial charge on any atom is -0.378 e. The van der Waals surface area contributed by atoms with Crippen LogP contribution in [0.1, 0.15) is 21.7 Å². The highest BCUT2D eigenvalue weighted by Gasteiger charge is 2.19. The molecule has 7 heteroatoms. The lowest BCUT2D eigenvalue weighted by atomic mass is 10.1. The van der Waals surface area contributed by atoms with Gasteiger partial charge in [0.25, 0.3) is 5.91 Å². The maximum absolute atomic E-state index is 12.7. The third kappa shape index (κ3) is 3.36. The second-order valence-electron chi connectivity index (χ2n) is 5.97. The number of rotatable bonds is 3. The summed E-state index contributed by atoms with van der Waals surface area (Å²) in [5.41, 5.74) is 2.44. The van der Waals surface area contributed by atoms with Crippen LogP contribution in [0.15, 0.2) is 42.6 Å². The van der Waals surface area contributed by atoms with E-state index >= 15 is 0 Å². The molecule has 3 heterocycles. The molecule has 0 N–H and O–H groups in total. The Morgan fingerprint density at radius 2 is 1.84 bits per heavy atom. The van der Waals surface area contributed by atoms with Crippen LogP contribution in [0.4, 0.5) is 0 Å². The van der Waals surface area contributed by atoms with E-state index in [2.05, 4.69) is 10.2 Å². The molecule has 1 aromatic carbocycles. The van der Waals surface area contributed by atoms with E-state index in [1.807, 2.05) is 45.8 Å². The summed E-state index contributed by atoms with van der Waals surface area (Å²) in [6.45, 7) is 2.41. The zero-order chi connectivity index (χ0) is 17.2. The predicted molar refractivity (Wildman–Crippen MR) is 94.0 cm³/mol. The number of pyridine rings is 1.